The predicted octanol–water partition coefficient (Wildman–Crippen LogP) is -0.880. The predicted molar refractivity (Wildman–Crippen MR) is 69.8 cm³/mol. The number of fused-ring (bicyclic) bond motifs is 1. The number of aromatic nitrogens is 7. The molecule has 10 nitrogen and oxygen atoms in total. The number of nitrogens with zero attached hydrogens (tertiary/aromatic N) is 7. The van der Waals surface area contributed by atoms with E-state index >= 15 is 0 Å². The van der Waals surface area contributed by atoms with Crippen LogP contribution in [0.3, 0.4) is 0 Å². The highest BCUT2D eigenvalue weighted by molar-refractivity contribution is 5.84. The minimum absolute atomic E-state index is 0.136. The molecular weight excluding hydrogens is 278 g/mol. The van der Waals surface area contributed by atoms with Gasteiger partial charge in [0.25, 0.3) is 5.56 Å². The summed E-state index contributed by atoms with van der Waals surface area (Å²) in [7, 11) is 1.71. The van der Waals surface area contributed by atoms with E-state index in [2.05, 4.69) is 20.4 Å². The van der Waals surface area contributed by atoms with Gasteiger partial charge in [-0.1, -0.05) is 5.21 Å². The summed E-state index contributed by atoms with van der Waals surface area (Å²) in [6.07, 6.45) is 4.21. The first kappa shape index (κ1) is 13.0. The zero-order chi connectivity index (χ0) is 15.0. The average Bonchev–Trinajstić information content (AvgIpc) is 3.06. The van der Waals surface area contributed by atoms with Crippen molar-refractivity contribution in [2.45, 2.75) is 13.1 Å². The smallest absolute Gasteiger partial charge is 0.358 e. The Balaban J connectivity index is 1.83. The Hall–Kier alpha value is -3.04. The fourth-order valence-corrected chi connectivity index (χ4v) is 1.94. The number of carbonyl (C=O) groups is 1. The normalized spacial score (nSPS) is 11.1. The molecule has 0 fully saturated rings. The molecule has 108 valence electrons. The Morgan fingerprint density at radius 1 is 1.38 bits per heavy atom. The molecule has 0 saturated heterocycles. The minimum Gasteiger partial charge on any atom is -0.476 e. The third kappa shape index (κ3) is 2.26. The Morgan fingerprint density at radius 2 is 2.19 bits per heavy atom. The van der Waals surface area contributed by atoms with Crippen molar-refractivity contribution in [2.24, 2.45) is 7.05 Å². The second-order valence-electron chi connectivity index (χ2n) is 4.42. The highest BCUT2D eigenvalue weighted by atomic mass is 16.4. The van der Waals surface area contributed by atoms with Crippen molar-refractivity contribution < 1.29 is 9.90 Å². The van der Waals surface area contributed by atoms with Gasteiger partial charge in [-0.15, -0.1) is 5.10 Å². The van der Waals surface area contributed by atoms with Gasteiger partial charge in [0.15, 0.2) is 11.3 Å². The van der Waals surface area contributed by atoms with Crippen LogP contribution in [-0.4, -0.2) is 45.4 Å². The van der Waals surface area contributed by atoms with Crippen LogP contribution in [0, 0.1) is 0 Å². The number of carboxylic acids is 1. The fraction of sp³-hybridized carbons (Fsp3) is 0.273. The molecule has 3 rings (SSSR count). The molecule has 21 heavy (non-hydrogen) atoms. The van der Waals surface area contributed by atoms with Gasteiger partial charge in [-0.05, 0) is 0 Å². The van der Waals surface area contributed by atoms with Crippen LogP contribution in [0.2, 0.25) is 0 Å². The Kier molecular flexibility index (Phi) is 2.97. The van der Waals surface area contributed by atoms with Gasteiger partial charge in [-0.25, -0.2) is 14.5 Å². The van der Waals surface area contributed by atoms with Gasteiger partial charge in [0.05, 0.1) is 18.9 Å². The summed E-state index contributed by atoms with van der Waals surface area (Å²) in [4.78, 5) is 27.1. The van der Waals surface area contributed by atoms with Gasteiger partial charge < -0.3 is 5.11 Å². The zero-order valence-electron chi connectivity index (χ0n) is 11.0. The van der Waals surface area contributed by atoms with Gasteiger partial charge in [-0.2, -0.15) is 5.10 Å². The van der Waals surface area contributed by atoms with Gasteiger partial charge >= 0.3 is 5.97 Å². The van der Waals surface area contributed by atoms with Gasteiger partial charge in [-0.3, -0.25) is 14.0 Å². The highest BCUT2D eigenvalue weighted by Crippen LogP contribution is 2.03. The standard InChI is InChI=1S/C11H11N7O3/c1-16-9-7(4-13-16)10(19)17(6-12-9)2-3-18-5-8(11(20)21)14-15-18/h4-6H,2-3H2,1H3,(H,20,21). The number of carboxylic acid groups (broad SMARTS) is 1. The van der Waals surface area contributed by atoms with Crippen LogP contribution in [0.1, 0.15) is 10.5 Å². The van der Waals surface area contributed by atoms with Crippen molar-refractivity contribution in [1.82, 2.24) is 34.3 Å². The summed E-state index contributed by atoms with van der Waals surface area (Å²) >= 11 is 0. The molecule has 0 spiro atoms. The average molecular weight is 289 g/mol. The van der Waals surface area contributed by atoms with E-state index in [0.717, 1.165) is 0 Å². The van der Waals surface area contributed by atoms with E-state index in [0.29, 0.717) is 24.1 Å². The third-order valence-corrected chi connectivity index (χ3v) is 3.05. The van der Waals surface area contributed by atoms with E-state index in [9.17, 15) is 9.59 Å². The third-order valence-electron chi connectivity index (χ3n) is 3.05. The summed E-state index contributed by atoms with van der Waals surface area (Å²) in [5, 5.41) is 20.4. The second-order valence-corrected chi connectivity index (χ2v) is 4.42. The number of hydrogen-bond acceptors (Lipinski definition) is 6. The number of aromatic carboxylic acids is 1. The molecule has 0 unspecified atom stereocenters. The molecule has 3 aromatic heterocycles. The van der Waals surface area contributed by atoms with Crippen LogP contribution in [-0.2, 0) is 20.1 Å². The molecule has 1 N–H and O–H groups in total. The van der Waals surface area contributed by atoms with Crippen molar-refractivity contribution in [3.05, 3.63) is 34.8 Å². The summed E-state index contributed by atoms with van der Waals surface area (Å²) in [5.74, 6) is -1.14. The Bertz CT molecular complexity index is 875. The van der Waals surface area contributed by atoms with Crippen LogP contribution >= 0.6 is 0 Å². The van der Waals surface area contributed by atoms with Crippen LogP contribution in [0.25, 0.3) is 11.0 Å². The second kappa shape index (κ2) is 4.81. The van der Waals surface area contributed by atoms with Crippen LogP contribution in [0.15, 0.2) is 23.5 Å². The molecule has 10 heteroatoms. The molecule has 0 bridgehead atoms. The van der Waals surface area contributed by atoms with Crippen LogP contribution in [0.5, 0.6) is 0 Å². The first-order valence-electron chi connectivity index (χ1n) is 6.07. The van der Waals surface area contributed by atoms with Crippen LogP contribution in [0.4, 0.5) is 0 Å². The molecule has 0 atom stereocenters. The molecule has 0 saturated carbocycles. The van der Waals surface area contributed by atoms with E-state index in [1.807, 2.05) is 0 Å². The summed E-state index contributed by atoms with van der Waals surface area (Å²) in [5.41, 5.74) is 0.181. The maximum atomic E-state index is 12.2. The van der Waals surface area contributed by atoms with Gasteiger partial charge in [0.1, 0.15) is 11.7 Å². The molecule has 0 aliphatic heterocycles. The molecule has 0 aromatic carbocycles. The van der Waals surface area contributed by atoms with Crippen molar-refractivity contribution in [3.8, 4) is 0 Å². The first-order chi connectivity index (χ1) is 10.1. The van der Waals surface area contributed by atoms with Crippen LogP contribution < -0.4 is 5.56 Å². The lowest BCUT2D eigenvalue weighted by molar-refractivity contribution is 0.0690. The lowest BCUT2D eigenvalue weighted by Crippen LogP contribution is -2.23. The monoisotopic (exact) mass is 289 g/mol. The SMILES string of the molecule is Cn1ncc2c(=O)n(CCn3cc(C(=O)O)nn3)cnc21. The summed E-state index contributed by atoms with van der Waals surface area (Å²) in [6, 6.07) is 0. The quantitative estimate of drug-likeness (QED) is 0.662. The molecular formula is C11H11N7O3. The van der Waals surface area contributed by atoms with Gasteiger partial charge in [0.2, 0.25) is 0 Å². The number of rotatable bonds is 4. The fourth-order valence-electron chi connectivity index (χ4n) is 1.94. The van der Waals surface area contributed by atoms with Crippen molar-refractivity contribution in [3.63, 3.8) is 0 Å². The number of aryl methyl sites for hydroxylation is 3. The first-order valence-corrected chi connectivity index (χ1v) is 6.07. The van der Waals surface area contributed by atoms with Crippen molar-refractivity contribution >= 4 is 17.0 Å². The molecule has 0 aliphatic rings. The highest BCUT2D eigenvalue weighted by Gasteiger charge is 2.10. The molecule has 3 heterocycles. The van der Waals surface area contributed by atoms with Gasteiger partial charge in [0, 0.05) is 13.6 Å². The van der Waals surface area contributed by atoms with E-state index in [1.54, 1.807) is 7.05 Å². The Labute approximate surface area is 117 Å². The van der Waals surface area contributed by atoms with E-state index in [-0.39, 0.29) is 11.3 Å². The van der Waals surface area contributed by atoms with Crippen molar-refractivity contribution in [1.29, 1.82) is 0 Å². The number of hydrogen-bond donors (Lipinski definition) is 1. The van der Waals surface area contributed by atoms with Crippen molar-refractivity contribution in [2.75, 3.05) is 0 Å². The van der Waals surface area contributed by atoms with E-state index < -0.39 is 5.97 Å². The molecule has 0 aliphatic carbocycles. The Morgan fingerprint density at radius 3 is 2.90 bits per heavy atom. The van der Waals surface area contributed by atoms with E-state index in [4.69, 9.17) is 5.11 Å². The lowest BCUT2D eigenvalue weighted by Gasteiger charge is -2.04. The molecule has 0 amide bonds. The molecule has 3 aromatic rings. The maximum Gasteiger partial charge on any atom is 0.358 e. The van der Waals surface area contributed by atoms with E-state index in [1.165, 1.54) is 32.7 Å². The zero-order valence-corrected chi connectivity index (χ0v) is 11.0. The topological polar surface area (TPSA) is 121 Å². The summed E-state index contributed by atoms with van der Waals surface area (Å²) < 4.78 is 4.31. The summed E-state index contributed by atoms with van der Waals surface area (Å²) in [6.45, 7) is 0.618. The molecule has 0 radical (unpaired) electrons. The largest absolute Gasteiger partial charge is 0.476 e. The lowest BCUT2D eigenvalue weighted by atomic mass is 10.4. The maximum absolute atomic E-state index is 12.2. The minimum atomic E-state index is -1.14.